The first kappa shape index (κ1) is 20.6. The summed E-state index contributed by atoms with van der Waals surface area (Å²) in [6.07, 6.45) is 8.23. The third-order valence-corrected chi connectivity index (χ3v) is 6.20. The zero-order valence-corrected chi connectivity index (χ0v) is 17.5. The maximum atomic E-state index is 13.2. The fourth-order valence-corrected chi connectivity index (χ4v) is 4.54. The third-order valence-electron chi connectivity index (χ3n) is 6.20. The van der Waals surface area contributed by atoms with Crippen LogP contribution in [0.5, 0.6) is 0 Å². The van der Waals surface area contributed by atoms with Crippen LogP contribution in [0, 0.1) is 0 Å². The maximum Gasteiger partial charge on any atom is 0.231 e. The normalized spacial score (nSPS) is 20.8. The van der Waals surface area contributed by atoms with Gasteiger partial charge < -0.3 is 14.6 Å². The van der Waals surface area contributed by atoms with E-state index in [1.54, 1.807) is 24.3 Å². The molecule has 0 radical (unpaired) electrons. The molecule has 30 heavy (non-hydrogen) atoms. The smallest absolute Gasteiger partial charge is 0.231 e. The molecule has 1 fully saturated rings. The van der Waals surface area contributed by atoms with E-state index >= 15 is 0 Å². The Kier molecular flexibility index (Phi) is 6.47. The first-order valence-electron chi connectivity index (χ1n) is 10.9. The Bertz CT molecular complexity index is 859. The molecule has 160 valence electrons. The molecule has 2 amide bonds. The van der Waals surface area contributed by atoms with Crippen LogP contribution in [-0.4, -0.2) is 52.8 Å². The molecule has 2 aliphatic heterocycles. The van der Waals surface area contributed by atoms with Gasteiger partial charge in [0.05, 0.1) is 23.9 Å². The minimum absolute atomic E-state index is 0.0118. The molecule has 0 aliphatic carbocycles. The molecule has 1 saturated heterocycles. The Labute approximate surface area is 177 Å². The van der Waals surface area contributed by atoms with Crippen molar-refractivity contribution >= 4 is 11.8 Å². The zero-order chi connectivity index (χ0) is 20.9. The van der Waals surface area contributed by atoms with Crippen molar-refractivity contribution in [3.05, 3.63) is 53.7 Å². The Balaban J connectivity index is 1.49. The van der Waals surface area contributed by atoms with E-state index < -0.39 is 5.92 Å². The minimum atomic E-state index is -0.458. The van der Waals surface area contributed by atoms with Crippen molar-refractivity contribution in [3.8, 4) is 0 Å². The second-order valence-electron chi connectivity index (χ2n) is 8.23. The number of nitrogens with one attached hydrogen (secondary N) is 1. The number of aromatic nitrogens is 1. The SMILES string of the molecule is CC(=O)N1Cc2cccnc2C(C(=O)NCC(c2ccco2)N2CCCCCC2)C1. The Morgan fingerprint density at radius 3 is 2.70 bits per heavy atom. The summed E-state index contributed by atoms with van der Waals surface area (Å²) in [6, 6.07) is 7.69. The van der Waals surface area contributed by atoms with Crippen LogP contribution < -0.4 is 5.32 Å². The number of rotatable bonds is 5. The topological polar surface area (TPSA) is 78.7 Å². The van der Waals surface area contributed by atoms with Crippen molar-refractivity contribution in [2.45, 2.75) is 51.1 Å². The molecular formula is C23H30N4O3. The van der Waals surface area contributed by atoms with Crippen molar-refractivity contribution < 1.29 is 14.0 Å². The predicted octanol–water partition coefficient (Wildman–Crippen LogP) is 2.85. The van der Waals surface area contributed by atoms with Gasteiger partial charge in [0.1, 0.15) is 5.76 Å². The number of hydrogen-bond acceptors (Lipinski definition) is 5. The predicted molar refractivity (Wildman–Crippen MR) is 113 cm³/mol. The number of pyridine rings is 1. The van der Waals surface area contributed by atoms with Gasteiger partial charge in [0.2, 0.25) is 11.8 Å². The van der Waals surface area contributed by atoms with Crippen LogP contribution in [0.25, 0.3) is 0 Å². The van der Waals surface area contributed by atoms with Crippen LogP contribution in [0.4, 0.5) is 0 Å². The number of carbonyl (C=O) groups excluding carboxylic acids is 2. The molecule has 0 aromatic carbocycles. The summed E-state index contributed by atoms with van der Waals surface area (Å²) in [4.78, 5) is 33.8. The van der Waals surface area contributed by atoms with Gasteiger partial charge in [-0.3, -0.25) is 19.5 Å². The van der Waals surface area contributed by atoms with Crippen LogP contribution in [0.2, 0.25) is 0 Å². The molecule has 2 aromatic rings. The average Bonchev–Trinajstić information content (AvgIpc) is 3.15. The molecule has 2 aromatic heterocycles. The van der Waals surface area contributed by atoms with Crippen molar-refractivity contribution in [2.24, 2.45) is 0 Å². The minimum Gasteiger partial charge on any atom is -0.468 e. The fourth-order valence-electron chi connectivity index (χ4n) is 4.54. The van der Waals surface area contributed by atoms with E-state index in [0.29, 0.717) is 19.6 Å². The van der Waals surface area contributed by atoms with Crippen LogP contribution in [0.1, 0.15) is 61.6 Å². The van der Waals surface area contributed by atoms with Gasteiger partial charge in [0, 0.05) is 32.8 Å². The highest BCUT2D eigenvalue weighted by atomic mass is 16.3. The van der Waals surface area contributed by atoms with E-state index in [-0.39, 0.29) is 17.9 Å². The van der Waals surface area contributed by atoms with Gasteiger partial charge in [-0.05, 0) is 49.7 Å². The molecule has 2 aliphatic rings. The van der Waals surface area contributed by atoms with Gasteiger partial charge in [-0.1, -0.05) is 18.9 Å². The summed E-state index contributed by atoms with van der Waals surface area (Å²) in [5, 5.41) is 3.14. The average molecular weight is 411 g/mol. The Morgan fingerprint density at radius 2 is 2.00 bits per heavy atom. The van der Waals surface area contributed by atoms with E-state index in [1.807, 2.05) is 24.3 Å². The number of hydrogen-bond donors (Lipinski definition) is 1. The summed E-state index contributed by atoms with van der Waals surface area (Å²) in [6.45, 7) is 4.90. The monoisotopic (exact) mass is 410 g/mol. The summed E-state index contributed by atoms with van der Waals surface area (Å²) in [5.41, 5.74) is 1.71. The van der Waals surface area contributed by atoms with E-state index in [1.165, 1.54) is 25.7 Å². The van der Waals surface area contributed by atoms with Crippen molar-refractivity contribution in [2.75, 3.05) is 26.2 Å². The molecule has 7 heteroatoms. The largest absolute Gasteiger partial charge is 0.468 e. The van der Waals surface area contributed by atoms with Crippen molar-refractivity contribution in [1.29, 1.82) is 0 Å². The van der Waals surface area contributed by atoms with Gasteiger partial charge in [-0.15, -0.1) is 0 Å². The van der Waals surface area contributed by atoms with Crippen LogP contribution in [-0.2, 0) is 16.1 Å². The van der Waals surface area contributed by atoms with Crippen molar-refractivity contribution in [1.82, 2.24) is 20.1 Å². The summed E-state index contributed by atoms with van der Waals surface area (Å²) in [5.74, 6) is 0.303. The number of fused-ring (bicyclic) bond motifs is 1. The van der Waals surface area contributed by atoms with E-state index in [2.05, 4.69) is 15.2 Å². The number of carbonyl (C=O) groups is 2. The highest BCUT2D eigenvalue weighted by Crippen LogP contribution is 2.28. The molecule has 4 rings (SSSR count). The van der Waals surface area contributed by atoms with Crippen LogP contribution in [0.15, 0.2) is 41.1 Å². The molecule has 7 nitrogen and oxygen atoms in total. The summed E-state index contributed by atoms with van der Waals surface area (Å²) in [7, 11) is 0. The standard InChI is InChI=1S/C23H30N4O3/c1-17(28)27-15-18-8-6-10-24-22(18)19(16-27)23(29)25-14-20(21-9-7-13-30-21)26-11-4-2-3-5-12-26/h6-10,13,19-20H,2-5,11-12,14-16H2,1H3,(H,25,29). The molecule has 0 saturated carbocycles. The lowest BCUT2D eigenvalue weighted by Gasteiger charge is -2.33. The quantitative estimate of drug-likeness (QED) is 0.820. The Hall–Kier alpha value is -2.67. The van der Waals surface area contributed by atoms with Crippen LogP contribution >= 0.6 is 0 Å². The maximum absolute atomic E-state index is 13.2. The van der Waals surface area contributed by atoms with Gasteiger partial charge >= 0.3 is 0 Å². The second-order valence-corrected chi connectivity index (χ2v) is 8.23. The molecule has 1 N–H and O–H groups in total. The molecular weight excluding hydrogens is 380 g/mol. The lowest BCUT2D eigenvalue weighted by Crippen LogP contribution is -2.45. The molecule has 4 heterocycles. The lowest BCUT2D eigenvalue weighted by molar-refractivity contribution is -0.131. The first-order chi connectivity index (χ1) is 14.6. The van der Waals surface area contributed by atoms with Gasteiger partial charge in [0.15, 0.2) is 0 Å². The van der Waals surface area contributed by atoms with Gasteiger partial charge in [-0.2, -0.15) is 0 Å². The second kappa shape index (κ2) is 9.43. The highest BCUT2D eigenvalue weighted by molar-refractivity contribution is 5.85. The lowest BCUT2D eigenvalue weighted by atomic mass is 9.93. The third kappa shape index (κ3) is 4.56. The number of nitrogens with zero attached hydrogens (tertiary/aromatic N) is 3. The molecule has 2 atom stereocenters. The first-order valence-corrected chi connectivity index (χ1v) is 10.9. The van der Waals surface area contributed by atoms with Crippen molar-refractivity contribution in [3.63, 3.8) is 0 Å². The highest BCUT2D eigenvalue weighted by Gasteiger charge is 2.33. The summed E-state index contributed by atoms with van der Waals surface area (Å²) >= 11 is 0. The van der Waals surface area contributed by atoms with E-state index in [4.69, 9.17) is 4.42 Å². The van der Waals surface area contributed by atoms with Crippen LogP contribution in [0.3, 0.4) is 0 Å². The number of likely N-dealkylation sites (tertiary alicyclic amines) is 1. The summed E-state index contributed by atoms with van der Waals surface area (Å²) < 4.78 is 5.71. The van der Waals surface area contributed by atoms with Gasteiger partial charge in [0.25, 0.3) is 0 Å². The fraction of sp³-hybridized carbons (Fsp3) is 0.522. The van der Waals surface area contributed by atoms with Gasteiger partial charge in [-0.25, -0.2) is 0 Å². The molecule has 0 spiro atoms. The van der Waals surface area contributed by atoms with E-state index in [9.17, 15) is 9.59 Å². The number of amides is 2. The van der Waals surface area contributed by atoms with E-state index in [0.717, 1.165) is 30.1 Å². The molecule has 0 bridgehead atoms. The number of furan rings is 1. The molecule has 2 unspecified atom stereocenters. The Morgan fingerprint density at radius 1 is 1.20 bits per heavy atom. The zero-order valence-electron chi connectivity index (χ0n) is 17.5.